The Balaban J connectivity index is 1.54. The summed E-state index contributed by atoms with van der Waals surface area (Å²) >= 11 is 0. The number of hydrogen-bond acceptors (Lipinski definition) is 5. The highest BCUT2D eigenvalue weighted by Gasteiger charge is 2.05. The van der Waals surface area contributed by atoms with Crippen molar-refractivity contribution in [2.75, 3.05) is 29.6 Å². The average Bonchev–Trinajstić information content (AvgIpc) is 2.68. The number of carbonyl (C=O) groups is 1. The molecule has 0 unspecified atom stereocenters. The summed E-state index contributed by atoms with van der Waals surface area (Å²) in [6.07, 6.45) is 2.89. The lowest BCUT2D eigenvalue weighted by Crippen LogP contribution is -2.12. The maximum Gasteiger partial charge on any atom is 0.224 e. The second-order valence-electron chi connectivity index (χ2n) is 6.93. The maximum atomic E-state index is 12.2. The van der Waals surface area contributed by atoms with E-state index in [1.165, 1.54) is 11.1 Å². The number of aromatic nitrogens is 2. The molecule has 0 fully saturated rings. The lowest BCUT2D eigenvalue weighted by molar-refractivity contribution is -0.116. The van der Waals surface area contributed by atoms with Crippen LogP contribution in [-0.2, 0) is 11.2 Å². The third-order valence-electron chi connectivity index (χ3n) is 4.32. The van der Waals surface area contributed by atoms with Crippen LogP contribution in [0, 0.1) is 6.92 Å². The van der Waals surface area contributed by atoms with E-state index in [9.17, 15) is 4.79 Å². The van der Waals surface area contributed by atoms with Crippen LogP contribution in [0.25, 0.3) is 0 Å². The Morgan fingerprint density at radius 3 is 2.50 bits per heavy atom. The number of hydrogen-bond donors (Lipinski definition) is 2. The van der Waals surface area contributed by atoms with Crippen LogP contribution in [0.4, 0.5) is 22.9 Å². The van der Waals surface area contributed by atoms with Crippen molar-refractivity contribution in [2.45, 2.75) is 19.8 Å². The average molecular weight is 375 g/mol. The van der Waals surface area contributed by atoms with Crippen LogP contribution in [-0.4, -0.2) is 30.2 Å². The normalized spacial score (nSPS) is 10.4. The van der Waals surface area contributed by atoms with Crippen molar-refractivity contribution in [2.24, 2.45) is 0 Å². The van der Waals surface area contributed by atoms with Gasteiger partial charge in [-0.1, -0.05) is 29.8 Å². The molecule has 28 heavy (non-hydrogen) atoms. The summed E-state index contributed by atoms with van der Waals surface area (Å²) in [7, 11) is 3.91. The third-order valence-corrected chi connectivity index (χ3v) is 4.32. The molecule has 1 amide bonds. The molecular formula is C22H25N5O. The Hall–Kier alpha value is -3.41. The fourth-order valence-corrected chi connectivity index (χ4v) is 2.80. The van der Waals surface area contributed by atoms with Crippen LogP contribution in [0.5, 0.6) is 0 Å². The Morgan fingerprint density at radius 1 is 1.04 bits per heavy atom. The summed E-state index contributed by atoms with van der Waals surface area (Å²) < 4.78 is 0. The molecule has 2 N–H and O–H groups in total. The lowest BCUT2D eigenvalue weighted by atomic mass is 10.1. The van der Waals surface area contributed by atoms with E-state index >= 15 is 0 Å². The van der Waals surface area contributed by atoms with E-state index in [1.54, 1.807) is 6.20 Å². The number of aryl methyl sites for hydroxylation is 2. The van der Waals surface area contributed by atoms with Crippen LogP contribution in [0.2, 0.25) is 0 Å². The molecule has 0 saturated heterocycles. The van der Waals surface area contributed by atoms with Gasteiger partial charge in [0.15, 0.2) is 5.82 Å². The molecule has 0 saturated carbocycles. The van der Waals surface area contributed by atoms with Gasteiger partial charge < -0.3 is 15.5 Å². The van der Waals surface area contributed by atoms with Crippen molar-refractivity contribution < 1.29 is 4.79 Å². The molecular weight excluding hydrogens is 350 g/mol. The zero-order valence-corrected chi connectivity index (χ0v) is 16.4. The fraction of sp³-hybridized carbons (Fsp3) is 0.227. The fourth-order valence-electron chi connectivity index (χ4n) is 2.80. The highest BCUT2D eigenvalue weighted by Crippen LogP contribution is 2.20. The number of nitrogens with zero attached hydrogens (tertiary/aromatic N) is 3. The van der Waals surface area contributed by atoms with Gasteiger partial charge in [-0.25, -0.2) is 0 Å². The standard InChI is InChI=1S/C22H25N5O/c1-16-5-4-6-17(13-16)7-12-22(28)25-19-10-8-18(9-11-19)24-21-14-20(27(2)3)15-23-26-21/h4-6,8-11,13-15H,7,12H2,1-3H3,(H,24,26)(H,25,28). The van der Waals surface area contributed by atoms with Gasteiger partial charge in [-0.05, 0) is 43.2 Å². The molecule has 144 valence electrons. The topological polar surface area (TPSA) is 70.2 Å². The van der Waals surface area contributed by atoms with Gasteiger partial charge in [-0.3, -0.25) is 4.79 Å². The molecule has 0 aliphatic carbocycles. The smallest absolute Gasteiger partial charge is 0.224 e. The van der Waals surface area contributed by atoms with Gasteiger partial charge in [0.25, 0.3) is 0 Å². The summed E-state index contributed by atoms with van der Waals surface area (Å²) in [5.74, 6) is 0.674. The van der Waals surface area contributed by atoms with E-state index in [0.717, 1.165) is 23.5 Å². The number of rotatable bonds is 7. The summed E-state index contributed by atoms with van der Waals surface area (Å²) in [6.45, 7) is 2.06. The molecule has 1 aromatic heterocycles. The highest BCUT2D eigenvalue weighted by atomic mass is 16.1. The van der Waals surface area contributed by atoms with Crippen LogP contribution in [0.15, 0.2) is 60.8 Å². The number of nitrogens with one attached hydrogen (secondary N) is 2. The summed E-state index contributed by atoms with van der Waals surface area (Å²) in [6, 6.07) is 17.7. The zero-order chi connectivity index (χ0) is 19.9. The monoisotopic (exact) mass is 375 g/mol. The van der Waals surface area contributed by atoms with E-state index in [-0.39, 0.29) is 5.91 Å². The van der Waals surface area contributed by atoms with Gasteiger partial charge in [0.1, 0.15) is 0 Å². The quantitative estimate of drug-likeness (QED) is 0.649. The first-order valence-corrected chi connectivity index (χ1v) is 9.22. The van der Waals surface area contributed by atoms with Gasteiger partial charge in [-0.15, -0.1) is 5.10 Å². The van der Waals surface area contributed by atoms with Gasteiger partial charge in [0, 0.05) is 38.0 Å². The van der Waals surface area contributed by atoms with Crippen LogP contribution < -0.4 is 15.5 Å². The molecule has 1 heterocycles. The number of amides is 1. The molecule has 2 aromatic carbocycles. The summed E-state index contributed by atoms with van der Waals surface area (Å²) in [4.78, 5) is 14.2. The minimum atomic E-state index is 0.00626. The molecule has 3 rings (SSSR count). The second kappa shape index (κ2) is 8.99. The highest BCUT2D eigenvalue weighted by molar-refractivity contribution is 5.91. The van der Waals surface area contributed by atoms with Crippen molar-refractivity contribution in [3.8, 4) is 0 Å². The van der Waals surface area contributed by atoms with E-state index < -0.39 is 0 Å². The van der Waals surface area contributed by atoms with E-state index in [0.29, 0.717) is 12.2 Å². The largest absolute Gasteiger partial charge is 0.376 e. The second-order valence-corrected chi connectivity index (χ2v) is 6.93. The molecule has 0 aliphatic rings. The van der Waals surface area contributed by atoms with Crippen molar-refractivity contribution in [3.05, 3.63) is 71.9 Å². The molecule has 3 aromatic rings. The lowest BCUT2D eigenvalue weighted by Gasteiger charge is -2.13. The molecule has 0 bridgehead atoms. The first-order valence-electron chi connectivity index (χ1n) is 9.22. The SMILES string of the molecule is Cc1cccc(CCC(=O)Nc2ccc(Nc3cc(N(C)C)cnn3)cc2)c1. The van der Waals surface area contributed by atoms with Crippen molar-refractivity contribution in [3.63, 3.8) is 0 Å². The molecule has 0 aliphatic heterocycles. The van der Waals surface area contributed by atoms with Gasteiger partial charge in [0.05, 0.1) is 11.9 Å². The first kappa shape index (κ1) is 19.4. The Morgan fingerprint density at radius 2 is 1.79 bits per heavy atom. The molecule has 0 radical (unpaired) electrons. The molecule has 0 spiro atoms. The Kier molecular flexibility index (Phi) is 6.22. The van der Waals surface area contributed by atoms with Crippen LogP contribution >= 0.6 is 0 Å². The van der Waals surface area contributed by atoms with E-state index in [1.807, 2.05) is 55.4 Å². The third kappa shape index (κ3) is 5.54. The number of anilines is 4. The predicted octanol–water partition coefficient (Wildman–Crippen LogP) is 4.17. The van der Waals surface area contributed by atoms with Crippen molar-refractivity contribution in [1.82, 2.24) is 10.2 Å². The number of benzene rings is 2. The maximum absolute atomic E-state index is 12.2. The van der Waals surface area contributed by atoms with E-state index in [2.05, 4.69) is 46.0 Å². The Bertz CT molecular complexity index is 938. The zero-order valence-electron chi connectivity index (χ0n) is 16.4. The summed E-state index contributed by atoms with van der Waals surface area (Å²) in [5, 5.41) is 14.2. The summed E-state index contributed by atoms with van der Waals surface area (Å²) in [5.41, 5.74) is 5.00. The van der Waals surface area contributed by atoms with Gasteiger partial charge in [0.2, 0.25) is 5.91 Å². The van der Waals surface area contributed by atoms with Gasteiger partial charge in [-0.2, -0.15) is 5.10 Å². The van der Waals surface area contributed by atoms with Gasteiger partial charge >= 0.3 is 0 Å². The van der Waals surface area contributed by atoms with Crippen LogP contribution in [0.3, 0.4) is 0 Å². The van der Waals surface area contributed by atoms with Crippen LogP contribution in [0.1, 0.15) is 17.5 Å². The van der Waals surface area contributed by atoms with E-state index in [4.69, 9.17) is 0 Å². The predicted molar refractivity (Wildman–Crippen MR) is 114 cm³/mol. The first-order chi connectivity index (χ1) is 13.5. The van der Waals surface area contributed by atoms with Crippen molar-refractivity contribution in [1.29, 1.82) is 0 Å². The molecule has 6 heteroatoms. The molecule has 0 atom stereocenters. The number of carbonyl (C=O) groups excluding carboxylic acids is 1. The molecule has 6 nitrogen and oxygen atoms in total. The van der Waals surface area contributed by atoms with Crippen molar-refractivity contribution >= 4 is 28.8 Å². The Labute approximate surface area is 165 Å². The minimum absolute atomic E-state index is 0.00626. The minimum Gasteiger partial charge on any atom is -0.376 e.